The first-order valence-electron chi connectivity index (χ1n) is 5.69. The lowest BCUT2D eigenvalue weighted by Crippen LogP contribution is -2.29. The molecule has 0 atom stereocenters. The molecule has 0 aliphatic carbocycles. The van der Waals surface area contributed by atoms with Gasteiger partial charge in [-0.25, -0.2) is 0 Å². The molecule has 15 heavy (non-hydrogen) atoms. The fourth-order valence-electron chi connectivity index (χ4n) is 1.78. The average Bonchev–Trinajstić information content (AvgIpc) is 2.27. The Morgan fingerprint density at radius 2 is 2.20 bits per heavy atom. The Morgan fingerprint density at radius 3 is 2.87 bits per heavy atom. The number of rotatable bonds is 4. The van der Waals surface area contributed by atoms with E-state index < -0.39 is 0 Å². The van der Waals surface area contributed by atoms with Crippen molar-refractivity contribution in [2.45, 2.75) is 37.9 Å². The van der Waals surface area contributed by atoms with Crippen molar-refractivity contribution in [3.63, 3.8) is 0 Å². The molecule has 1 aliphatic rings. The monoisotopic (exact) mass is 229 g/mol. The number of hydrogen-bond donors (Lipinski definition) is 2. The summed E-state index contributed by atoms with van der Waals surface area (Å²) >= 11 is 2.08. The lowest BCUT2D eigenvalue weighted by molar-refractivity contribution is 0.282. The minimum Gasteiger partial charge on any atom is -0.388 e. The first-order valence-corrected chi connectivity index (χ1v) is 6.67. The average molecular weight is 229 g/mol. The van der Waals surface area contributed by atoms with Gasteiger partial charge in [-0.05, 0) is 25.9 Å². The second-order valence-corrected chi connectivity index (χ2v) is 6.63. The Balaban J connectivity index is 2.23. The molecular formula is C11H23N3S. The van der Waals surface area contributed by atoms with Crippen LogP contribution in [0.4, 0.5) is 0 Å². The van der Waals surface area contributed by atoms with Crippen LogP contribution in [0.1, 0.15) is 33.1 Å². The van der Waals surface area contributed by atoms with Crippen LogP contribution in [0.5, 0.6) is 0 Å². The van der Waals surface area contributed by atoms with Crippen LogP contribution in [0, 0.1) is 5.41 Å². The van der Waals surface area contributed by atoms with Gasteiger partial charge in [0.1, 0.15) is 0 Å². The van der Waals surface area contributed by atoms with Crippen LogP contribution in [0.3, 0.4) is 0 Å². The van der Waals surface area contributed by atoms with Crippen LogP contribution < -0.4 is 5.73 Å². The second kappa shape index (κ2) is 5.75. The van der Waals surface area contributed by atoms with Crippen molar-refractivity contribution < 1.29 is 0 Å². The number of nitrogens with zero attached hydrogens (tertiary/aromatic N) is 1. The molecule has 3 N–H and O–H groups in total. The van der Waals surface area contributed by atoms with E-state index in [0.29, 0.717) is 10.6 Å². The first-order chi connectivity index (χ1) is 6.99. The Hall–Kier alpha value is -0.220. The highest BCUT2D eigenvalue weighted by molar-refractivity contribution is 8.00. The van der Waals surface area contributed by atoms with Gasteiger partial charge in [0.25, 0.3) is 0 Å². The zero-order valence-electron chi connectivity index (χ0n) is 9.88. The predicted molar refractivity (Wildman–Crippen MR) is 68.7 cm³/mol. The van der Waals surface area contributed by atoms with Crippen molar-refractivity contribution in [1.82, 2.24) is 4.90 Å². The molecule has 88 valence electrons. The molecule has 0 radical (unpaired) electrons. The van der Waals surface area contributed by atoms with Crippen LogP contribution in [0.25, 0.3) is 0 Å². The van der Waals surface area contributed by atoms with Gasteiger partial charge in [0, 0.05) is 23.5 Å². The third kappa shape index (κ3) is 5.42. The standard InChI is InChI=1S/C11H23N3S/c1-11(2)5-7-14(8-9-15-11)6-3-4-10(12)13/h3-9H2,1-2H3,(H3,12,13). The molecule has 1 saturated heterocycles. The van der Waals surface area contributed by atoms with Crippen LogP contribution in [0.2, 0.25) is 0 Å². The smallest absolute Gasteiger partial charge is 0.0905 e. The highest BCUT2D eigenvalue weighted by Gasteiger charge is 2.23. The fourth-order valence-corrected chi connectivity index (χ4v) is 2.92. The van der Waals surface area contributed by atoms with Crippen molar-refractivity contribution >= 4 is 17.6 Å². The van der Waals surface area contributed by atoms with Crippen molar-refractivity contribution in [3.05, 3.63) is 0 Å². The van der Waals surface area contributed by atoms with Crippen molar-refractivity contribution in [2.75, 3.05) is 25.4 Å². The number of amidine groups is 1. The number of thioether (sulfide) groups is 1. The van der Waals surface area contributed by atoms with Gasteiger partial charge in [-0.15, -0.1) is 0 Å². The van der Waals surface area contributed by atoms with Gasteiger partial charge in [-0.1, -0.05) is 13.8 Å². The Morgan fingerprint density at radius 1 is 1.47 bits per heavy atom. The molecule has 1 rings (SSSR count). The summed E-state index contributed by atoms with van der Waals surface area (Å²) in [5, 5.41) is 7.17. The predicted octanol–water partition coefficient (Wildman–Crippen LogP) is 1.92. The molecular weight excluding hydrogens is 206 g/mol. The fraction of sp³-hybridized carbons (Fsp3) is 0.909. The Kier molecular flexibility index (Phi) is 4.93. The summed E-state index contributed by atoms with van der Waals surface area (Å²) in [4.78, 5) is 2.50. The van der Waals surface area contributed by atoms with E-state index in [1.165, 1.54) is 25.3 Å². The third-order valence-electron chi connectivity index (χ3n) is 2.85. The van der Waals surface area contributed by atoms with Crippen LogP contribution in [0.15, 0.2) is 0 Å². The maximum atomic E-state index is 7.17. The molecule has 3 nitrogen and oxygen atoms in total. The maximum Gasteiger partial charge on any atom is 0.0905 e. The molecule has 0 amide bonds. The molecule has 4 heteroatoms. The molecule has 0 bridgehead atoms. The van der Waals surface area contributed by atoms with E-state index in [4.69, 9.17) is 11.1 Å². The van der Waals surface area contributed by atoms with Gasteiger partial charge < -0.3 is 10.6 Å². The largest absolute Gasteiger partial charge is 0.388 e. The molecule has 0 saturated carbocycles. The van der Waals surface area contributed by atoms with Crippen molar-refractivity contribution in [3.8, 4) is 0 Å². The normalized spacial score (nSPS) is 22.3. The quantitative estimate of drug-likeness (QED) is 0.572. The summed E-state index contributed by atoms with van der Waals surface area (Å²) in [6, 6.07) is 0. The Bertz CT molecular complexity index is 216. The SMILES string of the molecule is CC1(C)CCN(CCCC(=N)N)CCS1. The van der Waals surface area contributed by atoms with Gasteiger partial charge >= 0.3 is 0 Å². The van der Waals surface area contributed by atoms with E-state index in [-0.39, 0.29) is 0 Å². The molecule has 1 heterocycles. The molecule has 0 aromatic carbocycles. The van der Waals surface area contributed by atoms with Gasteiger partial charge in [0.2, 0.25) is 0 Å². The Labute approximate surface area is 97.3 Å². The molecule has 0 unspecified atom stereocenters. The lowest BCUT2D eigenvalue weighted by atomic mass is 10.1. The van der Waals surface area contributed by atoms with E-state index in [2.05, 4.69) is 30.5 Å². The third-order valence-corrected chi connectivity index (χ3v) is 4.22. The van der Waals surface area contributed by atoms with Gasteiger partial charge in [0.05, 0.1) is 5.84 Å². The summed E-state index contributed by atoms with van der Waals surface area (Å²) in [5.74, 6) is 1.55. The van der Waals surface area contributed by atoms with E-state index in [9.17, 15) is 0 Å². The summed E-state index contributed by atoms with van der Waals surface area (Å²) in [6.07, 6.45) is 3.03. The van der Waals surface area contributed by atoms with E-state index in [1.54, 1.807) is 0 Å². The van der Waals surface area contributed by atoms with Crippen molar-refractivity contribution in [1.29, 1.82) is 5.41 Å². The number of nitrogens with two attached hydrogens (primary N) is 1. The van der Waals surface area contributed by atoms with E-state index in [0.717, 1.165) is 19.4 Å². The molecule has 0 aromatic rings. The summed E-state index contributed by atoms with van der Waals surface area (Å²) in [6.45, 7) is 8.13. The van der Waals surface area contributed by atoms with Crippen molar-refractivity contribution in [2.24, 2.45) is 5.73 Å². The van der Waals surface area contributed by atoms with E-state index >= 15 is 0 Å². The second-order valence-electron chi connectivity index (χ2n) is 4.83. The highest BCUT2D eigenvalue weighted by atomic mass is 32.2. The molecule has 1 fully saturated rings. The topological polar surface area (TPSA) is 53.1 Å². The molecule has 0 spiro atoms. The zero-order valence-corrected chi connectivity index (χ0v) is 10.7. The van der Waals surface area contributed by atoms with E-state index in [1.807, 2.05) is 0 Å². The highest BCUT2D eigenvalue weighted by Crippen LogP contribution is 2.30. The van der Waals surface area contributed by atoms with Crippen LogP contribution in [-0.4, -0.2) is 40.9 Å². The lowest BCUT2D eigenvalue weighted by Gasteiger charge is -2.22. The summed E-state index contributed by atoms with van der Waals surface area (Å²) in [7, 11) is 0. The van der Waals surface area contributed by atoms with Gasteiger partial charge in [0.15, 0.2) is 0 Å². The molecule has 1 aliphatic heterocycles. The number of nitrogens with one attached hydrogen (secondary N) is 1. The minimum absolute atomic E-state index is 0.319. The minimum atomic E-state index is 0.319. The van der Waals surface area contributed by atoms with Crippen LogP contribution in [-0.2, 0) is 0 Å². The van der Waals surface area contributed by atoms with Crippen LogP contribution >= 0.6 is 11.8 Å². The van der Waals surface area contributed by atoms with Gasteiger partial charge in [-0.3, -0.25) is 5.41 Å². The first kappa shape index (κ1) is 12.8. The molecule has 0 aromatic heterocycles. The summed E-state index contributed by atoms with van der Waals surface area (Å²) in [5.41, 5.74) is 5.34. The number of hydrogen-bond acceptors (Lipinski definition) is 3. The maximum absolute atomic E-state index is 7.17. The van der Waals surface area contributed by atoms with Gasteiger partial charge in [-0.2, -0.15) is 11.8 Å². The summed E-state index contributed by atoms with van der Waals surface area (Å²) < 4.78 is 0.440. The zero-order chi connectivity index (χ0) is 11.3.